The second-order valence-electron chi connectivity index (χ2n) is 5.16. The third kappa shape index (κ3) is 3.92. The lowest BCUT2D eigenvalue weighted by atomic mass is 10.2. The highest BCUT2D eigenvalue weighted by molar-refractivity contribution is 7.98. The summed E-state index contributed by atoms with van der Waals surface area (Å²) < 4.78 is 1.96. The van der Waals surface area contributed by atoms with Crippen LogP contribution in [0, 0.1) is 10.1 Å². The summed E-state index contributed by atoms with van der Waals surface area (Å²) in [6, 6.07) is 10.3. The number of pyridine rings is 1. The Morgan fingerprint density at radius 3 is 2.76 bits per heavy atom. The molecular weight excluding hydrogens is 338 g/mol. The van der Waals surface area contributed by atoms with E-state index in [9.17, 15) is 10.1 Å². The van der Waals surface area contributed by atoms with Crippen molar-refractivity contribution in [3.05, 3.63) is 77.1 Å². The molecule has 0 aliphatic carbocycles. The Morgan fingerprint density at radius 2 is 2.04 bits per heavy atom. The smallest absolute Gasteiger partial charge is 0.269 e. The first-order valence-electron chi connectivity index (χ1n) is 7.49. The molecule has 8 heteroatoms. The number of hydrogen-bond donors (Lipinski definition) is 0. The van der Waals surface area contributed by atoms with Crippen LogP contribution in [0.3, 0.4) is 0 Å². The van der Waals surface area contributed by atoms with Crippen molar-refractivity contribution in [2.45, 2.75) is 17.5 Å². The number of rotatable bonds is 7. The molecule has 0 radical (unpaired) electrons. The van der Waals surface area contributed by atoms with Crippen molar-refractivity contribution in [1.82, 2.24) is 19.7 Å². The number of nitrogens with zero attached hydrogens (tertiary/aromatic N) is 5. The topological polar surface area (TPSA) is 86.7 Å². The second kappa shape index (κ2) is 7.71. The van der Waals surface area contributed by atoms with Crippen LogP contribution in [-0.2, 0) is 12.3 Å². The maximum atomic E-state index is 10.9. The van der Waals surface area contributed by atoms with E-state index in [1.807, 2.05) is 22.8 Å². The molecule has 3 rings (SSSR count). The molecule has 0 unspecified atom stereocenters. The normalized spacial score (nSPS) is 10.6. The Kier molecular flexibility index (Phi) is 5.20. The Labute approximate surface area is 148 Å². The van der Waals surface area contributed by atoms with Gasteiger partial charge in [-0.1, -0.05) is 30.0 Å². The zero-order valence-corrected chi connectivity index (χ0v) is 14.1. The number of allylic oxidation sites excluding steroid dienone is 1. The average Bonchev–Trinajstić information content (AvgIpc) is 3.04. The third-order valence-electron chi connectivity index (χ3n) is 3.46. The van der Waals surface area contributed by atoms with E-state index >= 15 is 0 Å². The first-order valence-corrected chi connectivity index (χ1v) is 8.48. The van der Waals surface area contributed by atoms with Gasteiger partial charge in [0.05, 0.1) is 4.92 Å². The molecule has 1 aromatic carbocycles. The fourth-order valence-corrected chi connectivity index (χ4v) is 3.20. The van der Waals surface area contributed by atoms with Crippen molar-refractivity contribution in [3.8, 4) is 11.4 Å². The van der Waals surface area contributed by atoms with E-state index in [1.165, 1.54) is 17.8 Å². The lowest BCUT2D eigenvalue weighted by Gasteiger charge is -2.07. The fraction of sp³-hybridized carbons (Fsp3) is 0.118. The Morgan fingerprint density at radius 1 is 1.24 bits per heavy atom. The van der Waals surface area contributed by atoms with Gasteiger partial charge in [0.25, 0.3) is 5.69 Å². The second-order valence-corrected chi connectivity index (χ2v) is 6.10. The van der Waals surface area contributed by atoms with Crippen LogP contribution in [0.15, 0.2) is 66.6 Å². The highest BCUT2D eigenvalue weighted by Crippen LogP contribution is 2.27. The molecule has 0 aliphatic heterocycles. The minimum atomic E-state index is -0.393. The maximum absolute atomic E-state index is 10.9. The number of benzene rings is 1. The van der Waals surface area contributed by atoms with Crippen molar-refractivity contribution in [1.29, 1.82) is 0 Å². The van der Waals surface area contributed by atoms with Crippen molar-refractivity contribution in [3.63, 3.8) is 0 Å². The molecule has 0 atom stereocenters. The zero-order valence-electron chi connectivity index (χ0n) is 13.3. The molecule has 25 heavy (non-hydrogen) atoms. The SMILES string of the molecule is C=CCn1c(SCc2cccc([N+](=O)[O-])c2)nnc1-c1ccncc1. The number of nitro benzene ring substituents is 1. The molecule has 7 nitrogen and oxygen atoms in total. The Hall–Kier alpha value is -3.00. The van der Waals surface area contributed by atoms with Gasteiger partial charge in [0.2, 0.25) is 0 Å². The molecule has 3 aromatic rings. The first-order chi connectivity index (χ1) is 12.2. The van der Waals surface area contributed by atoms with Crippen LogP contribution < -0.4 is 0 Å². The van der Waals surface area contributed by atoms with Gasteiger partial charge < -0.3 is 0 Å². The van der Waals surface area contributed by atoms with E-state index in [-0.39, 0.29) is 5.69 Å². The van der Waals surface area contributed by atoms with Crippen LogP contribution in [0.5, 0.6) is 0 Å². The lowest BCUT2D eigenvalue weighted by molar-refractivity contribution is -0.384. The average molecular weight is 353 g/mol. The summed E-state index contributed by atoms with van der Waals surface area (Å²) in [4.78, 5) is 14.5. The summed E-state index contributed by atoms with van der Waals surface area (Å²) >= 11 is 1.48. The molecule has 126 valence electrons. The molecule has 0 bridgehead atoms. The van der Waals surface area contributed by atoms with Gasteiger partial charge in [-0.3, -0.25) is 19.7 Å². The van der Waals surface area contributed by atoms with Crippen molar-refractivity contribution < 1.29 is 4.92 Å². The predicted octanol–water partition coefficient (Wildman–Crippen LogP) is 3.73. The van der Waals surface area contributed by atoms with Crippen molar-refractivity contribution >= 4 is 17.4 Å². The first kappa shape index (κ1) is 16.8. The molecule has 2 heterocycles. The highest BCUT2D eigenvalue weighted by Gasteiger charge is 2.14. The molecule has 0 aliphatic rings. The maximum Gasteiger partial charge on any atom is 0.269 e. The molecule has 0 saturated heterocycles. The standard InChI is InChI=1S/C17H15N5O2S/c1-2-10-21-16(14-6-8-18-9-7-14)19-20-17(21)25-12-13-4-3-5-15(11-13)22(23)24/h2-9,11H,1,10,12H2. The van der Waals surface area contributed by atoms with Gasteiger partial charge >= 0.3 is 0 Å². The Bertz CT molecular complexity index is 895. The lowest BCUT2D eigenvalue weighted by Crippen LogP contribution is -2.00. The zero-order chi connectivity index (χ0) is 17.6. The van der Waals surface area contributed by atoms with Crippen LogP contribution in [0.4, 0.5) is 5.69 Å². The van der Waals surface area contributed by atoms with Crippen LogP contribution >= 0.6 is 11.8 Å². The van der Waals surface area contributed by atoms with E-state index in [0.29, 0.717) is 12.3 Å². The van der Waals surface area contributed by atoms with Gasteiger partial charge in [-0.2, -0.15) is 0 Å². The minimum Gasteiger partial charge on any atom is -0.298 e. The number of non-ortho nitro benzene ring substituents is 1. The minimum absolute atomic E-state index is 0.0862. The van der Waals surface area contributed by atoms with Gasteiger partial charge in [-0.05, 0) is 17.7 Å². The summed E-state index contributed by atoms with van der Waals surface area (Å²) in [5.41, 5.74) is 1.87. The molecule has 0 spiro atoms. The van der Waals surface area contributed by atoms with E-state index in [1.54, 1.807) is 30.6 Å². The fourth-order valence-electron chi connectivity index (χ4n) is 2.31. The van der Waals surface area contributed by atoms with Crippen LogP contribution in [0.2, 0.25) is 0 Å². The summed E-state index contributed by atoms with van der Waals surface area (Å²) in [6.45, 7) is 4.36. The Balaban J connectivity index is 1.83. The van der Waals surface area contributed by atoms with Gasteiger partial charge in [0.15, 0.2) is 11.0 Å². The van der Waals surface area contributed by atoms with Gasteiger partial charge in [0, 0.05) is 42.4 Å². The van der Waals surface area contributed by atoms with Gasteiger partial charge in [-0.15, -0.1) is 16.8 Å². The molecule has 0 N–H and O–H groups in total. The van der Waals surface area contributed by atoms with E-state index in [4.69, 9.17) is 0 Å². The van der Waals surface area contributed by atoms with E-state index in [2.05, 4.69) is 21.8 Å². The number of thioether (sulfide) groups is 1. The van der Waals surface area contributed by atoms with Crippen LogP contribution in [0.25, 0.3) is 11.4 Å². The van der Waals surface area contributed by atoms with Crippen LogP contribution in [0.1, 0.15) is 5.56 Å². The van der Waals surface area contributed by atoms with E-state index in [0.717, 1.165) is 22.1 Å². The molecular formula is C17H15N5O2S. The van der Waals surface area contributed by atoms with Gasteiger partial charge in [0.1, 0.15) is 0 Å². The third-order valence-corrected chi connectivity index (χ3v) is 4.49. The predicted molar refractivity (Wildman–Crippen MR) is 96.1 cm³/mol. The largest absolute Gasteiger partial charge is 0.298 e. The van der Waals surface area contributed by atoms with Crippen molar-refractivity contribution in [2.75, 3.05) is 0 Å². The highest BCUT2D eigenvalue weighted by atomic mass is 32.2. The number of hydrogen-bond acceptors (Lipinski definition) is 6. The number of nitro groups is 1. The summed E-state index contributed by atoms with van der Waals surface area (Å²) in [5.74, 6) is 1.30. The summed E-state index contributed by atoms with van der Waals surface area (Å²) in [6.07, 6.45) is 5.20. The summed E-state index contributed by atoms with van der Waals surface area (Å²) in [5, 5.41) is 20.1. The molecule has 0 amide bonds. The quantitative estimate of drug-likeness (QED) is 0.278. The summed E-state index contributed by atoms with van der Waals surface area (Å²) in [7, 11) is 0. The van der Waals surface area contributed by atoms with Crippen molar-refractivity contribution in [2.24, 2.45) is 0 Å². The van der Waals surface area contributed by atoms with E-state index < -0.39 is 4.92 Å². The van der Waals surface area contributed by atoms with Gasteiger partial charge in [-0.25, -0.2) is 0 Å². The molecule has 2 aromatic heterocycles. The molecule has 0 fully saturated rings. The van der Waals surface area contributed by atoms with Crippen LogP contribution in [-0.4, -0.2) is 24.7 Å². The monoisotopic (exact) mass is 353 g/mol. The number of aromatic nitrogens is 4. The molecule has 0 saturated carbocycles.